The first-order valence-corrected chi connectivity index (χ1v) is 9.97. The molecular formula is C25H22N2O2. The van der Waals surface area contributed by atoms with Crippen LogP contribution in [0.4, 0.5) is 0 Å². The van der Waals surface area contributed by atoms with Gasteiger partial charge in [-0.3, -0.25) is 4.79 Å². The molecule has 1 saturated heterocycles. The molecule has 29 heavy (non-hydrogen) atoms. The molecule has 0 unspecified atom stereocenters. The van der Waals surface area contributed by atoms with E-state index in [1.165, 1.54) is 0 Å². The van der Waals surface area contributed by atoms with Crippen LogP contribution in [-0.4, -0.2) is 23.5 Å². The average Bonchev–Trinajstić information content (AvgIpc) is 3.39. The van der Waals surface area contributed by atoms with Crippen molar-refractivity contribution < 1.29 is 9.53 Å². The first-order chi connectivity index (χ1) is 14.3. The van der Waals surface area contributed by atoms with Crippen molar-refractivity contribution >= 4 is 16.8 Å². The Morgan fingerprint density at radius 1 is 0.897 bits per heavy atom. The van der Waals surface area contributed by atoms with Gasteiger partial charge in [0.25, 0.3) is 0 Å². The highest BCUT2D eigenvalue weighted by atomic mass is 16.5. The van der Waals surface area contributed by atoms with E-state index in [0.29, 0.717) is 13.0 Å². The molecule has 0 bridgehead atoms. The molecule has 1 atom stereocenters. The number of carbonyl (C=O) groups excluding carboxylic acids is 1. The standard InChI is InChI=1S/C25H22N2O2/c28-23-14-11-19(27-23)16-29-22-13-12-21-25(24(22)18-9-5-2-6-10-18)20(15-26-21)17-7-3-1-4-8-17/h1-10,12-13,15,19,26H,11,14,16H2,(H,27,28)/t19-/m0/s1. The van der Waals surface area contributed by atoms with Crippen molar-refractivity contribution in [3.05, 3.63) is 79.0 Å². The van der Waals surface area contributed by atoms with E-state index in [2.05, 4.69) is 59.0 Å². The van der Waals surface area contributed by atoms with Gasteiger partial charge in [0.05, 0.1) is 6.04 Å². The number of ether oxygens (including phenoxy) is 1. The van der Waals surface area contributed by atoms with Crippen LogP contribution in [0.15, 0.2) is 79.0 Å². The smallest absolute Gasteiger partial charge is 0.220 e. The second-order valence-electron chi connectivity index (χ2n) is 7.41. The Kier molecular flexibility index (Phi) is 4.53. The SMILES string of the molecule is O=C1CC[C@@H](COc2ccc3[nH]cc(-c4ccccc4)c3c2-c2ccccc2)N1. The predicted octanol–water partition coefficient (Wildman–Crippen LogP) is 5.16. The molecule has 0 spiro atoms. The summed E-state index contributed by atoms with van der Waals surface area (Å²) in [5.74, 6) is 0.941. The quantitative estimate of drug-likeness (QED) is 0.501. The van der Waals surface area contributed by atoms with Crippen molar-refractivity contribution in [3.63, 3.8) is 0 Å². The first-order valence-electron chi connectivity index (χ1n) is 9.97. The molecule has 3 aromatic carbocycles. The number of nitrogens with one attached hydrogen (secondary N) is 2. The minimum Gasteiger partial charge on any atom is -0.491 e. The Balaban J connectivity index is 1.64. The summed E-state index contributed by atoms with van der Waals surface area (Å²) in [5, 5.41) is 4.13. The Hall–Kier alpha value is -3.53. The lowest BCUT2D eigenvalue weighted by Gasteiger charge is -2.17. The Bertz CT molecular complexity index is 1150. The Morgan fingerprint density at radius 3 is 2.31 bits per heavy atom. The van der Waals surface area contributed by atoms with E-state index in [4.69, 9.17) is 4.74 Å². The molecule has 1 aromatic heterocycles. The van der Waals surface area contributed by atoms with Crippen molar-refractivity contribution in [2.75, 3.05) is 6.61 Å². The summed E-state index contributed by atoms with van der Waals surface area (Å²) in [6.45, 7) is 0.474. The van der Waals surface area contributed by atoms with Gasteiger partial charge in [0.15, 0.2) is 0 Å². The highest BCUT2D eigenvalue weighted by Gasteiger charge is 2.22. The van der Waals surface area contributed by atoms with E-state index >= 15 is 0 Å². The molecule has 1 amide bonds. The maximum Gasteiger partial charge on any atom is 0.220 e. The fourth-order valence-corrected chi connectivity index (χ4v) is 4.06. The molecule has 2 heterocycles. The van der Waals surface area contributed by atoms with Gasteiger partial charge in [-0.25, -0.2) is 0 Å². The number of H-pyrrole nitrogens is 1. The summed E-state index contributed by atoms with van der Waals surface area (Å²) in [7, 11) is 0. The molecular weight excluding hydrogens is 360 g/mol. The Morgan fingerprint density at radius 2 is 1.62 bits per heavy atom. The molecule has 144 valence electrons. The van der Waals surface area contributed by atoms with Crippen molar-refractivity contribution in [2.45, 2.75) is 18.9 Å². The van der Waals surface area contributed by atoms with Gasteiger partial charge < -0.3 is 15.0 Å². The van der Waals surface area contributed by atoms with Crippen LogP contribution in [0.1, 0.15) is 12.8 Å². The molecule has 1 aliphatic heterocycles. The number of rotatable bonds is 5. The van der Waals surface area contributed by atoms with Gasteiger partial charge in [0.1, 0.15) is 12.4 Å². The average molecular weight is 382 g/mol. The molecule has 4 aromatic rings. The normalized spacial score (nSPS) is 16.1. The van der Waals surface area contributed by atoms with E-state index in [1.807, 2.05) is 30.3 Å². The summed E-state index contributed by atoms with van der Waals surface area (Å²) in [6.07, 6.45) is 3.46. The van der Waals surface area contributed by atoms with Gasteiger partial charge in [-0.15, -0.1) is 0 Å². The lowest BCUT2D eigenvalue weighted by Crippen LogP contribution is -2.30. The van der Waals surface area contributed by atoms with Crippen LogP contribution >= 0.6 is 0 Å². The van der Waals surface area contributed by atoms with Crippen LogP contribution < -0.4 is 10.1 Å². The van der Waals surface area contributed by atoms with Crippen LogP contribution in [0, 0.1) is 0 Å². The van der Waals surface area contributed by atoms with Crippen LogP contribution in [0.25, 0.3) is 33.2 Å². The number of amides is 1. The summed E-state index contributed by atoms with van der Waals surface area (Å²) in [4.78, 5) is 14.9. The largest absolute Gasteiger partial charge is 0.491 e. The third-order valence-corrected chi connectivity index (χ3v) is 5.48. The summed E-state index contributed by atoms with van der Waals surface area (Å²) < 4.78 is 6.26. The summed E-state index contributed by atoms with van der Waals surface area (Å²) in [5.41, 5.74) is 5.58. The number of fused-ring (bicyclic) bond motifs is 1. The van der Waals surface area contributed by atoms with Crippen LogP contribution in [0.2, 0.25) is 0 Å². The number of aromatic nitrogens is 1. The monoisotopic (exact) mass is 382 g/mol. The molecule has 2 N–H and O–H groups in total. The maximum atomic E-state index is 11.5. The van der Waals surface area contributed by atoms with Gasteiger partial charge in [-0.05, 0) is 29.7 Å². The molecule has 5 rings (SSSR count). The second kappa shape index (κ2) is 7.47. The lowest BCUT2D eigenvalue weighted by atomic mass is 9.95. The number of hydrogen-bond donors (Lipinski definition) is 2. The summed E-state index contributed by atoms with van der Waals surface area (Å²) in [6, 6.07) is 24.9. The minimum absolute atomic E-state index is 0.0710. The van der Waals surface area contributed by atoms with E-state index in [9.17, 15) is 4.79 Å². The van der Waals surface area contributed by atoms with E-state index in [-0.39, 0.29) is 11.9 Å². The van der Waals surface area contributed by atoms with Gasteiger partial charge in [0, 0.05) is 34.6 Å². The fraction of sp³-hybridized carbons (Fsp3) is 0.160. The number of hydrogen-bond acceptors (Lipinski definition) is 2. The topological polar surface area (TPSA) is 54.1 Å². The van der Waals surface area contributed by atoms with Gasteiger partial charge in [0.2, 0.25) is 5.91 Å². The van der Waals surface area contributed by atoms with E-state index < -0.39 is 0 Å². The number of aromatic amines is 1. The third kappa shape index (κ3) is 3.38. The molecule has 1 fully saturated rings. The lowest BCUT2D eigenvalue weighted by molar-refractivity contribution is -0.119. The fourth-order valence-electron chi connectivity index (χ4n) is 4.06. The van der Waals surface area contributed by atoms with Gasteiger partial charge in [-0.1, -0.05) is 60.7 Å². The molecule has 4 nitrogen and oxygen atoms in total. The minimum atomic E-state index is 0.0710. The highest BCUT2D eigenvalue weighted by Crippen LogP contribution is 2.42. The maximum absolute atomic E-state index is 11.5. The zero-order valence-electron chi connectivity index (χ0n) is 16.0. The second-order valence-corrected chi connectivity index (χ2v) is 7.41. The van der Waals surface area contributed by atoms with Crippen LogP contribution in [0.5, 0.6) is 5.75 Å². The van der Waals surface area contributed by atoms with Crippen LogP contribution in [0.3, 0.4) is 0 Å². The number of carbonyl (C=O) groups is 1. The van der Waals surface area contributed by atoms with Crippen molar-refractivity contribution in [2.24, 2.45) is 0 Å². The van der Waals surface area contributed by atoms with Crippen molar-refractivity contribution in [1.29, 1.82) is 0 Å². The van der Waals surface area contributed by atoms with Crippen molar-refractivity contribution in [1.82, 2.24) is 10.3 Å². The zero-order valence-corrected chi connectivity index (χ0v) is 16.0. The molecule has 0 aliphatic carbocycles. The third-order valence-electron chi connectivity index (χ3n) is 5.48. The van der Waals surface area contributed by atoms with Crippen molar-refractivity contribution in [3.8, 4) is 28.0 Å². The van der Waals surface area contributed by atoms with Gasteiger partial charge in [-0.2, -0.15) is 0 Å². The Labute approximate surface area is 169 Å². The summed E-state index contributed by atoms with van der Waals surface area (Å²) >= 11 is 0. The molecule has 4 heteroatoms. The highest BCUT2D eigenvalue weighted by molar-refractivity contribution is 6.07. The molecule has 0 radical (unpaired) electrons. The predicted molar refractivity (Wildman–Crippen MR) is 116 cm³/mol. The van der Waals surface area contributed by atoms with E-state index in [1.54, 1.807) is 0 Å². The molecule has 1 aliphatic rings. The van der Waals surface area contributed by atoms with Crippen LogP contribution in [-0.2, 0) is 4.79 Å². The first kappa shape index (κ1) is 17.6. The zero-order chi connectivity index (χ0) is 19.6. The van der Waals surface area contributed by atoms with E-state index in [0.717, 1.165) is 45.3 Å². The van der Waals surface area contributed by atoms with Gasteiger partial charge >= 0.3 is 0 Å². The molecule has 0 saturated carbocycles. The number of benzene rings is 3.